The molecule has 0 unspecified atom stereocenters. The van der Waals surface area contributed by atoms with E-state index in [0.29, 0.717) is 0 Å². The Morgan fingerprint density at radius 3 is 2.48 bits per heavy atom. The zero-order valence-corrected chi connectivity index (χ0v) is 13.6. The molecule has 3 aromatic rings. The van der Waals surface area contributed by atoms with E-state index >= 15 is 0 Å². The summed E-state index contributed by atoms with van der Waals surface area (Å²) in [5.74, 6) is 0. The molecule has 0 saturated heterocycles. The number of benzene rings is 1. The summed E-state index contributed by atoms with van der Waals surface area (Å²) in [5.41, 5.74) is 1.13. The van der Waals surface area contributed by atoms with Crippen LogP contribution in [0, 0.1) is 6.92 Å². The molecule has 0 bridgehead atoms. The van der Waals surface area contributed by atoms with Gasteiger partial charge in [-0.05, 0) is 19.1 Å². The van der Waals surface area contributed by atoms with Gasteiger partial charge in [0.1, 0.15) is 10.5 Å². The number of hydrogen-bond donors (Lipinski definition) is 3. The van der Waals surface area contributed by atoms with Gasteiger partial charge in [-0.15, -0.1) is 0 Å². The average Bonchev–Trinajstić information content (AvgIpc) is 2.91. The van der Waals surface area contributed by atoms with Gasteiger partial charge in [0.05, 0.1) is 9.92 Å². The Morgan fingerprint density at radius 2 is 1.87 bits per heavy atom. The van der Waals surface area contributed by atoms with Crippen molar-refractivity contribution in [1.82, 2.24) is 9.97 Å². The molecule has 0 saturated carbocycles. The van der Waals surface area contributed by atoms with E-state index in [4.69, 9.17) is 11.6 Å². The van der Waals surface area contributed by atoms with Crippen LogP contribution < -0.4 is 5.46 Å². The molecule has 9 heteroatoms. The number of hydrogen-bond acceptors (Lipinski definition) is 5. The standard InChI is InChI=1S/C14H12BClN2O4S/c1-8-2-4-9(5-3-8)23(21,22)13-11(16)7-18-14-12(13)10(6-17-14)15(19)20/h2-7,19-20H,1H3,(H,17,18). The summed E-state index contributed by atoms with van der Waals surface area (Å²) in [6.45, 7) is 1.85. The zero-order chi connectivity index (χ0) is 16.8. The smallest absolute Gasteiger partial charge is 0.423 e. The number of nitrogens with one attached hydrogen (secondary N) is 1. The maximum absolute atomic E-state index is 13.0. The number of rotatable bonds is 3. The predicted octanol–water partition coefficient (Wildman–Crippen LogP) is 1.04. The van der Waals surface area contributed by atoms with Crippen LogP contribution in [0.15, 0.2) is 46.5 Å². The Hall–Kier alpha value is -1.87. The summed E-state index contributed by atoms with van der Waals surface area (Å²) in [6, 6.07) is 6.32. The van der Waals surface area contributed by atoms with Crippen LogP contribution in [0.25, 0.3) is 11.0 Å². The highest BCUT2D eigenvalue weighted by Crippen LogP contribution is 2.32. The van der Waals surface area contributed by atoms with Crippen LogP contribution in [0.2, 0.25) is 5.02 Å². The SMILES string of the molecule is Cc1ccc(S(=O)(=O)c2c(Cl)cnc3[nH]cc(B(O)O)c23)cc1. The molecule has 6 nitrogen and oxygen atoms in total. The second kappa shape index (κ2) is 5.65. The van der Waals surface area contributed by atoms with Gasteiger partial charge >= 0.3 is 7.12 Å². The molecule has 0 radical (unpaired) electrons. The van der Waals surface area contributed by atoms with Gasteiger partial charge in [0.2, 0.25) is 9.84 Å². The van der Waals surface area contributed by atoms with E-state index in [1.165, 1.54) is 24.5 Å². The van der Waals surface area contributed by atoms with Crippen LogP contribution >= 0.6 is 11.6 Å². The second-order valence-corrected chi connectivity index (χ2v) is 7.39. The van der Waals surface area contributed by atoms with Crippen LogP contribution in [0.4, 0.5) is 0 Å². The number of sulfone groups is 1. The molecule has 0 fully saturated rings. The van der Waals surface area contributed by atoms with Crippen LogP contribution in [-0.2, 0) is 9.84 Å². The van der Waals surface area contributed by atoms with E-state index in [9.17, 15) is 18.5 Å². The van der Waals surface area contributed by atoms with Gasteiger partial charge in [0, 0.05) is 23.2 Å². The molecule has 0 aliphatic heterocycles. The molecule has 3 N–H and O–H groups in total. The van der Waals surface area contributed by atoms with Crippen molar-refractivity contribution in [2.75, 3.05) is 0 Å². The first-order valence-corrected chi connectivity index (χ1v) is 8.52. The quantitative estimate of drug-likeness (QED) is 0.612. The number of fused-ring (bicyclic) bond motifs is 1. The molecule has 3 rings (SSSR count). The van der Waals surface area contributed by atoms with Crippen LogP contribution in [0.3, 0.4) is 0 Å². The molecule has 118 valence electrons. The van der Waals surface area contributed by atoms with Crippen molar-refractivity contribution in [1.29, 1.82) is 0 Å². The summed E-state index contributed by atoms with van der Waals surface area (Å²) < 4.78 is 25.9. The minimum Gasteiger partial charge on any atom is -0.423 e. The number of aromatic nitrogens is 2. The first-order valence-electron chi connectivity index (χ1n) is 6.65. The molecule has 0 aliphatic rings. The summed E-state index contributed by atoms with van der Waals surface area (Å²) in [6.07, 6.45) is 2.52. The minimum atomic E-state index is -3.95. The molecule has 0 atom stereocenters. The van der Waals surface area contributed by atoms with Gasteiger partial charge in [-0.25, -0.2) is 13.4 Å². The number of halogens is 1. The number of H-pyrrole nitrogens is 1. The van der Waals surface area contributed by atoms with E-state index in [2.05, 4.69) is 9.97 Å². The Balaban J connectivity index is 2.36. The normalized spacial score (nSPS) is 11.8. The van der Waals surface area contributed by atoms with E-state index in [1.807, 2.05) is 6.92 Å². The molecule has 2 aromatic heterocycles. The van der Waals surface area contributed by atoms with E-state index in [0.717, 1.165) is 5.56 Å². The highest BCUT2D eigenvalue weighted by atomic mass is 35.5. The molecule has 0 spiro atoms. The molecule has 0 amide bonds. The lowest BCUT2D eigenvalue weighted by molar-refractivity contribution is 0.426. The number of pyridine rings is 1. The van der Waals surface area contributed by atoms with Gasteiger partial charge < -0.3 is 15.0 Å². The number of aryl methyl sites for hydroxylation is 1. The number of aromatic amines is 1. The highest BCUT2D eigenvalue weighted by molar-refractivity contribution is 7.91. The third kappa shape index (κ3) is 2.63. The lowest BCUT2D eigenvalue weighted by atomic mass is 9.80. The fourth-order valence-corrected chi connectivity index (χ4v) is 4.34. The lowest BCUT2D eigenvalue weighted by Gasteiger charge is -2.10. The first kappa shape index (κ1) is 16.0. The fraction of sp³-hybridized carbons (Fsp3) is 0.0714. The van der Waals surface area contributed by atoms with Crippen LogP contribution in [-0.4, -0.2) is 35.6 Å². The van der Waals surface area contributed by atoms with Crippen molar-refractivity contribution in [3.8, 4) is 0 Å². The molecular weight excluding hydrogens is 338 g/mol. The van der Waals surface area contributed by atoms with E-state index in [-0.39, 0.29) is 31.3 Å². The van der Waals surface area contributed by atoms with Crippen molar-refractivity contribution in [3.05, 3.63) is 47.2 Å². The van der Waals surface area contributed by atoms with Gasteiger partial charge in [0.15, 0.2) is 0 Å². The van der Waals surface area contributed by atoms with Crippen LogP contribution in [0.5, 0.6) is 0 Å². The molecular formula is C14H12BClN2O4S. The van der Waals surface area contributed by atoms with Crippen molar-refractivity contribution in [2.45, 2.75) is 16.7 Å². The van der Waals surface area contributed by atoms with Crippen molar-refractivity contribution >= 4 is 45.1 Å². The van der Waals surface area contributed by atoms with Crippen molar-refractivity contribution in [3.63, 3.8) is 0 Å². The maximum atomic E-state index is 13.0. The first-order chi connectivity index (χ1) is 10.8. The minimum absolute atomic E-state index is 0.000636. The monoisotopic (exact) mass is 350 g/mol. The van der Waals surface area contributed by atoms with Gasteiger partial charge in [-0.1, -0.05) is 29.3 Å². The van der Waals surface area contributed by atoms with E-state index in [1.54, 1.807) is 12.1 Å². The molecule has 0 aliphatic carbocycles. The number of nitrogens with zero attached hydrogens (tertiary/aromatic N) is 1. The molecule has 23 heavy (non-hydrogen) atoms. The third-order valence-electron chi connectivity index (χ3n) is 3.52. The Labute approximate surface area is 137 Å². The third-order valence-corrected chi connectivity index (χ3v) is 5.77. The highest BCUT2D eigenvalue weighted by Gasteiger charge is 2.29. The summed E-state index contributed by atoms with van der Waals surface area (Å²) in [7, 11) is -5.80. The summed E-state index contributed by atoms with van der Waals surface area (Å²) >= 11 is 6.08. The summed E-state index contributed by atoms with van der Waals surface area (Å²) in [4.78, 5) is 6.58. The van der Waals surface area contributed by atoms with Gasteiger partial charge in [-0.3, -0.25) is 0 Å². The van der Waals surface area contributed by atoms with Crippen molar-refractivity contribution in [2.24, 2.45) is 0 Å². The predicted molar refractivity (Wildman–Crippen MR) is 87.6 cm³/mol. The maximum Gasteiger partial charge on any atom is 0.490 e. The topological polar surface area (TPSA) is 103 Å². The summed E-state index contributed by atoms with van der Waals surface area (Å²) in [5, 5.41) is 18.9. The largest absolute Gasteiger partial charge is 0.490 e. The second-order valence-electron chi connectivity index (χ2n) is 5.09. The molecule has 1 aromatic carbocycles. The van der Waals surface area contributed by atoms with E-state index < -0.39 is 17.0 Å². The van der Waals surface area contributed by atoms with Crippen LogP contribution in [0.1, 0.15) is 5.56 Å². The fourth-order valence-electron chi connectivity index (χ4n) is 2.37. The van der Waals surface area contributed by atoms with Gasteiger partial charge in [-0.2, -0.15) is 0 Å². The zero-order valence-electron chi connectivity index (χ0n) is 12.0. The average molecular weight is 351 g/mol. The Bertz CT molecular complexity index is 984. The van der Waals surface area contributed by atoms with Gasteiger partial charge in [0.25, 0.3) is 0 Å². The Kier molecular flexibility index (Phi) is 3.93. The van der Waals surface area contributed by atoms with Crippen molar-refractivity contribution < 1.29 is 18.5 Å². The lowest BCUT2D eigenvalue weighted by Crippen LogP contribution is -2.29. The Morgan fingerprint density at radius 1 is 1.22 bits per heavy atom. The molecule has 2 heterocycles.